The summed E-state index contributed by atoms with van der Waals surface area (Å²) in [6.07, 6.45) is 14.6. The van der Waals surface area contributed by atoms with Gasteiger partial charge < -0.3 is 9.84 Å². The lowest BCUT2D eigenvalue weighted by molar-refractivity contribution is 0.103. The quantitative estimate of drug-likeness (QED) is 0.148. The minimum atomic E-state index is -0.155. The maximum Gasteiger partial charge on any atom is 0.196 e. The number of aromatic hydroxyl groups is 1. The molecule has 0 atom stereocenters. The number of ether oxygens (including phenoxy) is 1. The number of carbonyl (C=O) groups is 1. The molecule has 200 valence electrons. The second-order valence-corrected chi connectivity index (χ2v) is 9.98. The third kappa shape index (κ3) is 10.7. The standard InChI is InChI=1S/C32H49NO3/c1-4-7-10-11-12-13-14-18-23-36-31-25-30(34)29(32(35)27-19-16-15-17-20-27)24-28(31)26-33(21-8-5-2)22-9-6-3/h15-17,19-20,24-25,34H,4-14,18,21-23,26H2,1-3H3. The minimum Gasteiger partial charge on any atom is -0.507 e. The van der Waals surface area contributed by atoms with Crippen LogP contribution < -0.4 is 4.74 Å². The fourth-order valence-electron chi connectivity index (χ4n) is 4.49. The Kier molecular flexibility index (Phi) is 14.9. The molecule has 0 amide bonds. The van der Waals surface area contributed by atoms with E-state index in [0.717, 1.165) is 63.7 Å². The summed E-state index contributed by atoms with van der Waals surface area (Å²) >= 11 is 0. The van der Waals surface area contributed by atoms with Gasteiger partial charge in [-0.1, -0.05) is 109 Å². The van der Waals surface area contributed by atoms with Gasteiger partial charge in [0.2, 0.25) is 0 Å². The molecule has 2 aromatic carbocycles. The van der Waals surface area contributed by atoms with Crippen molar-refractivity contribution in [3.05, 3.63) is 59.2 Å². The fourth-order valence-corrected chi connectivity index (χ4v) is 4.49. The molecule has 0 aliphatic heterocycles. The summed E-state index contributed by atoms with van der Waals surface area (Å²) in [7, 11) is 0. The molecule has 0 aliphatic rings. The van der Waals surface area contributed by atoms with Crippen LogP contribution >= 0.6 is 0 Å². The van der Waals surface area contributed by atoms with Crippen LogP contribution in [0.2, 0.25) is 0 Å². The lowest BCUT2D eigenvalue weighted by atomic mass is 9.99. The van der Waals surface area contributed by atoms with Gasteiger partial charge in [0, 0.05) is 23.7 Å². The molecule has 0 aromatic heterocycles. The first kappa shape index (κ1) is 29.9. The maximum atomic E-state index is 13.2. The highest BCUT2D eigenvalue weighted by atomic mass is 16.5. The normalized spacial score (nSPS) is 11.2. The number of carbonyl (C=O) groups excluding carboxylic acids is 1. The van der Waals surface area contributed by atoms with Crippen molar-refractivity contribution in [2.45, 2.75) is 104 Å². The molecule has 4 heteroatoms. The van der Waals surface area contributed by atoms with E-state index in [9.17, 15) is 9.90 Å². The molecule has 0 spiro atoms. The summed E-state index contributed by atoms with van der Waals surface area (Å²) in [4.78, 5) is 15.6. The third-order valence-electron chi connectivity index (χ3n) is 6.76. The van der Waals surface area contributed by atoms with Gasteiger partial charge in [-0.15, -0.1) is 0 Å². The van der Waals surface area contributed by atoms with Crippen LogP contribution in [0.3, 0.4) is 0 Å². The molecule has 4 nitrogen and oxygen atoms in total. The molecule has 0 saturated heterocycles. The lowest BCUT2D eigenvalue weighted by Gasteiger charge is -2.24. The summed E-state index contributed by atoms with van der Waals surface area (Å²) in [6, 6.07) is 12.7. The van der Waals surface area contributed by atoms with Gasteiger partial charge in [-0.25, -0.2) is 0 Å². The molecule has 1 N–H and O–H groups in total. The highest BCUT2D eigenvalue weighted by molar-refractivity contribution is 6.10. The molecule has 0 saturated carbocycles. The number of rotatable bonds is 20. The van der Waals surface area contributed by atoms with Crippen molar-refractivity contribution >= 4 is 5.78 Å². The number of nitrogens with zero attached hydrogens (tertiary/aromatic N) is 1. The van der Waals surface area contributed by atoms with E-state index >= 15 is 0 Å². The molecule has 36 heavy (non-hydrogen) atoms. The van der Waals surface area contributed by atoms with Gasteiger partial charge in [-0.2, -0.15) is 0 Å². The zero-order chi connectivity index (χ0) is 26.0. The average molecular weight is 496 g/mol. The van der Waals surface area contributed by atoms with E-state index in [0.29, 0.717) is 23.5 Å². The van der Waals surface area contributed by atoms with Gasteiger partial charge in [0.1, 0.15) is 11.5 Å². The van der Waals surface area contributed by atoms with Crippen molar-refractivity contribution < 1.29 is 14.6 Å². The summed E-state index contributed by atoms with van der Waals surface area (Å²) in [5.41, 5.74) is 1.92. The molecule has 2 aromatic rings. The Balaban J connectivity index is 2.13. The van der Waals surface area contributed by atoms with Gasteiger partial charge in [-0.3, -0.25) is 9.69 Å². The van der Waals surface area contributed by atoms with Crippen LogP contribution in [0.25, 0.3) is 0 Å². The molecule has 0 radical (unpaired) electrons. The smallest absolute Gasteiger partial charge is 0.196 e. The topological polar surface area (TPSA) is 49.8 Å². The maximum absolute atomic E-state index is 13.2. The monoisotopic (exact) mass is 495 g/mol. The van der Waals surface area contributed by atoms with E-state index in [2.05, 4.69) is 25.7 Å². The van der Waals surface area contributed by atoms with Gasteiger partial charge in [0.05, 0.1) is 12.2 Å². The summed E-state index contributed by atoms with van der Waals surface area (Å²) in [6.45, 7) is 10.1. The van der Waals surface area contributed by atoms with Crippen molar-refractivity contribution in [3.8, 4) is 11.5 Å². The molecule has 2 rings (SSSR count). The van der Waals surface area contributed by atoms with Crippen molar-refractivity contribution in [1.82, 2.24) is 4.90 Å². The number of benzene rings is 2. The summed E-state index contributed by atoms with van der Waals surface area (Å²) < 4.78 is 6.22. The van der Waals surface area contributed by atoms with E-state index in [1.807, 2.05) is 24.3 Å². The Morgan fingerprint density at radius 3 is 1.97 bits per heavy atom. The SMILES string of the molecule is CCCCCCCCCCOc1cc(O)c(C(=O)c2ccccc2)cc1CN(CCCC)CCCC. The molecule has 0 heterocycles. The highest BCUT2D eigenvalue weighted by Gasteiger charge is 2.19. The Labute approximate surface area is 220 Å². The predicted octanol–water partition coefficient (Wildman–Crippen LogP) is 8.54. The molecular formula is C32H49NO3. The summed E-state index contributed by atoms with van der Waals surface area (Å²) in [5, 5.41) is 10.8. The second-order valence-electron chi connectivity index (χ2n) is 9.98. The molecule has 0 bridgehead atoms. The van der Waals surface area contributed by atoms with Crippen molar-refractivity contribution in [2.24, 2.45) is 0 Å². The number of phenolic OH excluding ortho intramolecular Hbond substituents is 1. The van der Waals surface area contributed by atoms with E-state index in [1.54, 1.807) is 18.2 Å². The number of ketones is 1. The van der Waals surface area contributed by atoms with Crippen LogP contribution in [0.15, 0.2) is 42.5 Å². The first-order chi connectivity index (χ1) is 17.6. The average Bonchev–Trinajstić information content (AvgIpc) is 2.90. The van der Waals surface area contributed by atoms with Crippen LogP contribution in [-0.2, 0) is 6.54 Å². The Hall–Kier alpha value is -2.33. The van der Waals surface area contributed by atoms with Crippen molar-refractivity contribution in [1.29, 1.82) is 0 Å². The van der Waals surface area contributed by atoms with Crippen LogP contribution in [0.5, 0.6) is 11.5 Å². The largest absolute Gasteiger partial charge is 0.507 e. The van der Waals surface area contributed by atoms with Crippen molar-refractivity contribution in [3.63, 3.8) is 0 Å². The second kappa shape index (κ2) is 18.0. The van der Waals surface area contributed by atoms with Crippen LogP contribution in [0.4, 0.5) is 0 Å². The van der Waals surface area contributed by atoms with Crippen molar-refractivity contribution in [2.75, 3.05) is 19.7 Å². The van der Waals surface area contributed by atoms with Gasteiger partial charge >= 0.3 is 0 Å². The van der Waals surface area contributed by atoms with E-state index < -0.39 is 0 Å². The molecule has 0 unspecified atom stereocenters. The number of unbranched alkanes of at least 4 members (excludes halogenated alkanes) is 9. The number of phenols is 1. The van der Waals surface area contributed by atoms with E-state index in [-0.39, 0.29) is 11.5 Å². The Morgan fingerprint density at radius 2 is 1.36 bits per heavy atom. The Bertz CT molecular complexity index is 857. The zero-order valence-corrected chi connectivity index (χ0v) is 23.1. The molecular weight excluding hydrogens is 446 g/mol. The van der Waals surface area contributed by atoms with Gasteiger partial charge in [0.15, 0.2) is 5.78 Å². The molecule has 0 fully saturated rings. The molecule has 0 aliphatic carbocycles. The first-order valence-electron chi connectivity index (χ1n) is 14.4. The minimum absolute atomic E-state index is 0.00723. The zero-order valence-electron chi connectivity index (χ0n) is 23.1. The first-order valence-corrected chi connectivity index (χ1v) is 14.4. The third-order valence-corrected chi connectivity index (χ3v) is 6.76. The number of hydrogen-bond donors (Lipinski definition) is 1. The van der Waals surface area contributed by atoms with Crippen LogP contribution in [0.1, 0.15) is 119 Å². The van der Waals surface area contributed by atoms with E-state index in [1.165, 1.54) is 38.5 Å². The number of hydrogen-bond acceptors (Lipinski definition) is 4. The lowest BCUT2D eigenvalue weighted by Crippen LogP contribution is -2.26. The van der Waals surface area contributed by atoms with Crippen LogP contribution in [0, 0.1) is 0 Å². The fraction of sp³-hybridized carbons (Fsp3) is 0.594. The predicted molar refractivity (Wildman–Crippen MR) is 151 cm³/mol. The van der Waals surface area contributed by atoms with E-state index in [4.69, 9.17) is 4.74 Å². The Morgan fingerprint density at radius 1 is 0.778 bits per heavy atom. The van der Waals surface area contributed by atoms with Gasteiger partial charge in [-0.05, 0) is 38.4 Å². The summed E-state index contributed by atoms with van der Waals surface area (Å²) in [5.74, 6) is 0.544. The van der Waals surface area contributed by atoms with Gasteiger partial charge in [0.25, 0.3) is 0 Å². The van der Waals surface area contributed by atoms with Crippen LogP contribution in [-0.4, -0.2) is 35.5 Å². The highest BCUT2D eigenvalue weighted by Crippen LogP contribution is 2.31.